The van der Waals surface area contributed by atoms with E-state index in [9.17, 15) is 10.1 Å². The molecule has 2 N–H and O–H groups in total. The summed E-state index contributed by atoms with van der Waals surface area (Å²) in [5.74, 6) is 0.551. The molecule has 0 aliphatic carbocycles. The van der Waals surface area contributed by atoms with Crippen LogP contribution >= 0.6 is 0 Å². The van der Waals surface area contributed by atoms with Gasteiger partial charge in [0.15, 0.2) is 0 Å². The van der Waals surface area contributed by atoms with Gasteiger partial charge in [-0.15, -0.1) is 0 Å². The van der Waals surface area contributed by atoms with E-state index in [4.69, 9.17) is 0 Å². The van der Waals surface area contributed by atoms with Gasteiger partial charge in [-0.2, -0.15) is 4.98 Å². The third-order valence-electron chi connectivity index (χ3n) is 1.83. The quantitative estimate of drug-likeness (QED) is 0.567. The molecule has 0 bridgehead atoms. The zero-order valence-electron chi connectivity index (χ0n) is 10.1. The molecule has 0 saturated heterocycles. The number of hydrazine groups is 1. The lowest BCUT2D eigenvalue weighted by molar-refractivity contribution is -0.384. The minimum Gasteiger partial charge on any atom is -0.354 e. The highest BCUT2D eigenvalue weighted by Gasteiger charge is 2.17. The number of aromatic nitrogens is 2. The summed E-state index contributed by atoms with van der Waals surface area (Å²) < 4.78 is 0. The maximum absolute atomic E-state index is 10.8. The predicted octanol–water partition coefficient (Wildman–Crippen LogP) is 1.10. The van der Waals surface area contributed by atoms with Gasteiger partial charge in [0.05, 0.1) is 4.92 Å². The molecular weight excluding hydrogens is 224 g/mol. The molecule has 1 aromatic heterocycles. The molecule has 8 nitrogen and oxygen atoms in total. The van der Waals surface area contributed by atoms with Crippen LogP contribution in [0, 0.1) is 10.1 Å². The molecule has 0 aromatic carbocycles. The van der Waals surface area contributed by atoms with Crippen LogP contribution in [0.4, 0.5) is 17.5 Å². The standard InChI is InChI=1S/C9H16N6O2/c1-4-5-10-9-11-6-7(15(16)17)8(12-9)13-14(2)3/h6H,4-5H2,1-3H3,(H2,10,11,12,13). The molecule has 0 aliphatic heterocycles. The van der Waals surface area contributed by atoms with Crippen molar-refractivity contribution in [3.05, 3.63) is 16.3 Å². The molecule has 0 radical (unpaired) electrons. The van der Waals surface area contributed by atoms with E-state index in [0.717, 1.165) is 13.0 Å². The van der Waals surface area contributed by atoms with Crippen LogP contribution < -0.4 is 10.7 Å². The Morgan fingerprint density at radius 3 is 2.76 bits per heavy atom. The van der Waals surface area contributed by atoms with Crippen molar-refractivity contribution in [3.63, 3.8) is 0 Å². The van der Waals surface area contributed by atoms with Crippen molar-refractivity contribution in [2.75, 3.05) is 31.4 Å². The molecule has 0 amide bonds. The number of nitrogens with zero attached hydrogens (tertiary/aromatic N) is 4. The molecule has 0 saturated carbocycles. The Bertz CT molecular complexity index is 395. The minimum absolute atomic E-state index is 0.152. The third-order valence-corrected chi connectivity index (χ3v) is 1.83. The fraction of sp³-hybridized carbons (Fsp3) is 0.556. The maximum atomic E-state index is 10.8. The number of hydrogen-bond donors (Lipinski definition) is 2. The molecule has 0 aliphatic rings. The second-order valence-electron chi connectivity index (χ2n) is 3.62. The van der Waals surface area contributed by atoms with Crippen molar-refractivity contribution >= 4 is 17.5 Å². The molecule has 17 heavy (non-hydrogen) atoms. The van der Waals surface area contributed by atoms with Crippen molar-refractivity contribution in [1.29, 1.82) is 0 Å². The van der Waals surface area contributed by atoms with E-state index in [1.807, 2.05) is 6.92 Å². The van der Waals surface area contributed by atoms with Gasteiger partial charge in [0.25, 0.3) is 0 Å². The highest BCUT2D eigenvalue weighted by Crippen LogP contribution is 2.21. The van der Waals surface area contributed by atoms with Gasteiger partial charge in [-0.25, -0.2) is 9.99 Å². The number of rotatable bonds is 6. The summed E-state index contributed by atoms with van der Waals surface area (Å²) in [4.78, 5) is 18.2. The molecule has 0 spiro atoms. The van der Waals surface area contributed by atoms with Gasteiger partial charge in [0, 0.05) is 20.6 Å². The second kappa shape index (κ2) is 5.94. The second-order valence-corrected chi connectivity index (χ2v) is 3.62. The summed E-state index contributed by atoms with van der Waals surface area (Å²) in [5.41, 5.74) is 2.62. The molecule has 0 fully saturated rings. The molecular formula is C9H16N6O2. The van der Waals surface area contributed by atoms with Crippen LogP contribution in [0.25, 0.3) is 0 Å². The number of nitrogens with one attached hydrogen (secondary N) is 2. The van der Waals surface area contributed by atoms with Crippen molar-refractivity contribution in [2.45, 2.75) is 13.3 Å². The Balaban J connectivity index is 2.97. The first-order valence-electron chi connectivity index (χ1n) is 5.24. The number of nitro groups is 1. The van der Waals surface area contributed by atoms with Gasteiger partial charge in [-0.05, 0) is 6.42 Å². The van der Waals surface area contributed by atoms with Gasteiger partial charge in [-0.3, -0.25) is 15.5 Å². The van der Waals surface area contributed by atoms with E-state index in [-0.39, 0.29) is 11.5 Å². The number of hydrogen-bond acceptors (Lipinski definition) is 7. The molecule has 8 heteroatoms. The summed E-state index contributed by atoms with van der Waals surface area (Å²) in [6, 6.07) is 0. The summed E-state index contributed by atoms with van der Waals surface area (Å²) >= 11 is 0. The molecule has 1 heterocycles. The summed E-state index contributed by atoms with van der Waals surface area (Å²) in [6.07, 6.45) is 2.12. The predicted molar refractivity (Wildman–Crippen MR) is 64.8 cm³/mol. The van der Waals surface area contributed by atoms with E-state index in [2.05, 4.69) is 20.7 Å². The van der Waals surface area contributed by atoms with E-state index in [1.165, 1.54) is 6.20 Å². The Morgan fingerprint density at radius 2 is 2.24 bits per heavy atom. The van der Waals surface area contributed by atoms with Crippen molar-refractivity contribution in [1.82, 2.24) is 15.0 Å². The zero-order valence-corrected chi connectivity index (χ0v) is 10.1. The lowest BCUT2D eigenvalue weighted by atomic mass is 10.4. The van der Waals surface area contributed by atoms with Crippen LogP contribution in [-0.4, -0.2) is 40.5 Å². The Labute approximate surface area is 99.2 Å². The van der Waals surface area contributed by atoms with Gasteiger partial charge >= 0.3 is 5.69 Å². The fourth-order valence-corrected chi connectivity index (χ4v) is 1.13. The van der Waals surface area contributed by atoms with Gasteiger partial charge in [-0.1, -0.05) is 6.92 Å². The van der Waals surface area contributed by atoms with Crippen LogP contribution in [0.1, 0.15) is 13.3 Å². The van der Waals surface area contributed by atoms with Gasteiger partial charge in [0.2, 0.25) is 11.8 Å². The minimum atomic E-state index is -0.518. The zero-order chi connectivity index (χ0) is 12.8. The van der Waals surface area contributed by atoms with E-state index >= 15 is 0 Å². The fourth-order valence-electron chi connectivity index (χ4n) is 1.13. The molecule has 1 aromatic rings. The lowest BCUT2D eigenvalue weighted by Crippen LogP contribution is -2.22. The van der Waals surface area contributed by atoms with Crippen molar-refractivity contribution in [2.24, 2.45) is 0 Å². The SMILES string of the molecule is CCCNc1ncc([N+](=O)[O-])c(NN(C)C)n1. The van der Waals surface area contributed by atoms with Gasteiger partial charge < -0.3 is 5.32 Å². The van der Waals surface area contributed by atoms with Crippen LogP contribution in [0.3, 0.4) is 0 Å². The molecule has 0 unspecified atom stereocenters. The maximum Gasteiger partial charge on any atom is 0.330 e. The Kier molecular flexibility index (Phi) is 4.58. The first-order valence-corrected chi connectivity index (χ1v) is 5.24. The van der Waals surface area contributed by atoms with Crippen LogP contribution in [0.15, 0.2) is 6.20 Å². The van der Waals surface area contributed by atoms with Gasteiger partial charge in [0.1, 0.15) is 6.20 Å². The highest BCUT2D eigenvalue weighted by molar-refractivity contribution is 5.56. The summed E-state index contributed by atoms with van der Waals surface area (Å²) in [6.45, 7) is 2.73. The van der Waals surface area contributed by atoms with E-state index in [0.29, 0.717) is 5.95 Å². The van der Waals surface area contributed by atoms with Crippen LogP contribution in [-0.2, 0) is 0 Å². The lowest BCUT2D eigenvalue weighted by Gasteiger charge is -2.13. The molecule has 94 valence electrons. The van der Waals surface area contributed by atoms with Crippen molar-refractivity contribution in [3.8, 4) is 0 Å². The van der Waals surface area contributed by atoms with Crippen LogP contribution in [0.2, 0.25) is 0 Å². The summed E-state index contributed by atoms with van der Waals surface area (Å²) in [7, 11) is 3.45. The van der Waals surface area contributed by atoms with E-state index in [1.54, 1.807) is 19.1 Å². The highest BCUT2D eigenvalue weighted by atomic mass is 16.6. The first-order chi connectivity index (χ1) is 8.04. The van der Waals surface area contributed by atoms with Crippen LogP contribution in [0.5, 0.6) is 0 Å². The summed E-state index contributed by atoms with van der Waals surface area (Å²) in [5, 5.41) is 15.3. The first kappa shape index (κ1) is 13.1. The molecule has 1 rings (SSSR count). The molecule has 0 atom stereocenters. The average Bonchev–Trinajstić information content (AvgIpc) is 2.25. The normalized spacial score (nSPS) is 10.4. The topological polar surface area (TPSA) is 96.2 Å². The average molecular weight is 240 g/mol. The smallest absolute Gasteiger partial charge is 0.330 e. The number of anilines is 2. The Morgan fingerprint density at radius 1 is 1.53 bits per heavy atom. The van der Waals surface area contributed by atoms with Crippen molar-refractivity contribution < 1.29 is 4.92 Å². The monoisotopic (exact) mass is 240 g/mol. The third kappa shape index (κ3) is 3.83. The largest absolute Gasteiger partial charge is 0.354 e. The Hall–Kier alpha value is -1.96. The van der Waals surface area contributed by atoms with E-state index < -0.39 is 4.92 Å².